The molecule has 0 aliphatic carbocycles. The molecule has 132 valence electrons. The summed E-state index contributed by atoms with van der Waals surface area (Å²) in [6.45, 7) is 4.39. The van der Waals surface area contributed by atoms with Gasteiger partial charge in [0.1, 0.15) is 0 Å². The van der Waals surface area contributed by atoms with Gasteiger partial charge in [0.2, 0.25) is 5.96 Å². The zero-order chi connectivity index (χ0) is 18.4. The topological polar surface area (TPSA) is 85.4 Å². The summed E-state index contributed by atoms with van der Waals surface area (Å²) in [5.74, 6) is 0.173. The lowest BCUT2D eigenvalue weighted by Gasteiger charge is -2.07. The van der Waals surface area contributed by atoms with Crippen molar-refractivity contribution < 1.29 is 4.84 Å². The van der Waals surface area contributed by atoms with E-state index in [4.69, 9.17) is 10.6 Å². The number of guanidine groups is 1. The van der Waals surface area contributed by atoms with Gasteiger partial charge in [-0.25, -0.2) is 10.5 Å². The SMILES string of the molecule is Cc1cc(C)nc(-c2cc(N=C(N)NOCc3ccccc3)ccn2)c1. The van der Waals surface area contributed by atoms with Gasteiger partial charge < -0.3 is 5.73 Å². The first-order valence-electron chi connectivity index (χ1n) is 8.28. The third kappa shape index (κ3) is 4.87. The molecule has 6 nitrogen and oxygen atoms in total. The fraction of sp³-hybridized carbons (Fsp3) is 0.150. The molecule has 1 aromatic carbocycles. The van der Waals surface area contributed by atoms with Crippen LogP contribution in [0.25, 0.3) is 11.4 Å². The van der Waals surface area contributed by atoms with Crippen LogP contribution in [0.1, 0.15) is 16.8 Å². The summed E-state index contributed by atoms with van der Waals surface area (Å²) < 4.78 is 0. The van der Waals surface area contributed by atoms with Crippen LogP contribution in [0.2, 0.25) is 0 Å². The Labute approximate surface area is 152 Å². The summed E-state index contributed by atoms with van der Waals surface area (Å²) in [5.41, 5.74) is 13.9. The molecule has 0 amide bonds. The molecular formula is C20H21N5O. The van der Waals surface area contributed by atoms with Crippen molar-refractivity contribution in [2.24, 2.45) is 10.7 Å². The normalized spacial score (nSPS) is 11.4. The van der Waals surface area contributed by atoms with Gasteiger partial charge in [0, 0.05) is 11.9 Å². The molecular weight excluding hydrogens is 326 g/mol. The highest BCUT2D eigenvalue weighted by atomic mass is 16.6. The molecule has 0 fully saturated rings. The largest absolute Gasteiger partial charge is 0.368 e. The van der Waals surface area contributed by atoms with Crippen molar-refractivity contribution in [3.8, 4) is 11.4 Å². The van der Waals surface area contributed by atoms with E-state index in [0.717, 1.165) is 28.2 Å². The van der Waals surface area contributed by atoms with Gasteiger partial charge >= 0.3 is 0 Å². The molecule has 2 aromatic heterocycles. The van der Waals surface area contributed by atoms with E-state index in [1.54, 1.807) is 12.3 Å². The molecule has 0 unspecified atom stereocenters. The standard InChI is InChI=1S/C20H21N5O/c1-14-10-15(2)23-19(11-14)18-12-17(8-9-22-18)24-20(21)25-26-13-16-6-4-3-5-7-16/h3-12H,13H2,1-2H3,(H3,21,22,24,25). The van der Waals surface area contributed by atoms with Crippen molar-refractivity contribution in [2.45, 2.75) is 20.5 Å². The Morgan fingerprint density at radius 3 is 2.65 bits per heavy atom. The number of hydrogen-bond donors (Lipinski definition) is 2. The minimum atomic E-state index is 0.173. The molecule has 3 rings (SSSR count). The molecule has 0 spiro atoms. The van der Waals surface area contributed by atoms with Crippen molar-refractivity contribution in [2.75, 3.05) is 0 Å². The van der Waals surface area contributed by atoms with Crippen LogP contribution in [0, 0.1) is 13.8 Å². The zero-order valence-electron chi connectivity index (χ0n) is 14.8. The predicted molar refractivity (Wildman–Crippen MR) is 103 cm³/mol. The third-order valence-electron chi connectivity index (χ3n) is 3.61. The summed E-state index contributed by atoms with van der Waals surface area (Å²) in [6, 6.07) is 17.4. The molecule has 0 radical (unpaired) electrons. The Morgan fingerprint density at radius 2 is 1.88 bits per heavy atom. The molecule has 26 heavy (non-hydrogen) atoms. The summed E-state index contributed by atoms with van der Waals surface area (Å²) >= 11 is 0. The molecule has 6 heteroatoms. The lowest BCUT2D eigenvalue weighted by molar-refractivity contribution is 0.0704. The van der Waals surface area contributed by atoms with Crippen LogP contribution in [-0.2, 0) is 11.4 Å². The van der Waals surface area contributed by atoms with Gasteiger partial charge in [-0.1, -0.05) is 30.3 Å². The Bertz CT molecular complexity index is 889. The summed E-state index contributed by atoms with van der Waals surface area (Å²) in [6.07, 6.45) is 1.69. The molecule has 0 bridgehead atoms. The second-order valence-corrected chi connectivity index (χ2v) is 5.94. The van der Waals surface area contributed by atoms with Crippen LogP contribution in [0.5, 0.6) is 0 Å². The van der Waals surface area contributed by atoms with E-state index < -0.39 is 0 Å². The predicted octanol–water partition coefficient (Wildman–Crippen LogP) is 3.43. The Balaban J connectivity index is 1.68. The van der Waals surface area contributed by atoms with Crippen LogP contribution < -0.4 is 11.2 Å². The number of nitrogens with one attached hydrogen (secondary N) is 1. The van der Waals surface area contributed by atoms with Gasteiger partial charge in [-0.15, -0.1) is 0 Å². The smallest absolute Gasteiger partial charge is 0.218 e. The summed E-state index contributed by atoms with van der Waals surface area (Å²) in [4.78, 5) is 18.6. The molecule has 0 saturated heterocycles. The van der Waals surface area contributed by atoms with E-state index in [0.29, 0.717) is 12.3 Å². The number of pyridine rings is 2. The molecule has 3 aromatic rings. The van der Waals surface area contributed by atoms with Gasteiger partial charge in [0.25, 0.3) is 0 Å². The van der Waals surface area contributed by atoms with Gasteiger partial charge in [0.05, 0.1) is 23.7 Å². The van der Waals surface area contributed by atoms with Gasteiger partial charge in [-0.3, -0.25) is 14.8 Å². The quantitative estimate of drug-likeness (QED) is 0.419. The molecule has 0 saturated carbocycles. The maximum Gasteiger partial charge on any atom is 0.218 e. The van der Waals surface area contributed by atoms with E-state index in [2.05, 4.69) is 20.4 Å². The minimum Gasteiger partial charge on any atom is -0.368 e. The Morgan fingerprint density at radius 1 is 1.08 bits per heavy atom. The second-order valence-electron chi connectivity index (χ2n) is 5.94. The highest BCUT2D eigenvalue weighted by molar-refractivity contribution is 5.80. The van der Waals surface area contributed by atoms with E-state index in [1.165, 1.54) is 0 Å². The summed E-state index contributed by atoms with van der Waals surface area (Å²) in [7, 11) is 0. The van der Waals surface area contributed by atoms with E-state index in [9.17, 15) is 0 Å². The van der Waals surface area contributed by atoms with E-state index in [1.807, 2.05) is 62.4 Å². The number of hydroxylamine groups is 1. The lowest BCUT2D eigenvalue weighted by Crippen LogP contribution is -2.31. The van der Waals surface area contributed by atoms with E-state index in [-0.39, 0.29) is 5.96 Å². The van der Waals surface area contributed by atoms with Crippen LogP contribution in [0.15, 0.2) is 65.8 Å². The molecule has 0 aliphatic rings. The molecule has 0 aliphatic heterocycles. The molecule has 0 atom stereocenters. The van der Waals surface area contributed by atoms with Crippen LogP contribution in [0.4, 0.5) is 5.69 Å². The number of nitrogens with zero attached hydrogens (tertiary/aromatic N) is 3. The minimum absolute atomic E-state index is 0.173. The van der Waals surface area contributed by atoms with E-state index >= 15 is 0 Å². The first kappa shape index (κ1) is 17.6. The van der Waals surface area contributed by atoms with Crippen molar-refractivity contribution >= 4 is 11.6 Å². The van der Waals surface area contributed by atoms with Crippen LogP contribution in [0.3, 0.4) is 0 Å². The fourth-order valence-electron chi connectivity index (χ4n) is 2.53. The maximum atomic E-state index is 5.88. The maximum absolute atomic E-state index is 5.88. The number of aromatic nitrogens is 2. The number of hydrogen-bond acceptors (Lipinski definition) is 4. The average Bonchev–Trinajstić information content (AvgIpc) is 2.62. The van der Waals surface area contributed by atoms with Crippen molar-refractivity contribution in [3.63, 3.8) is 0 Å². The van der Waals surface area contributed by atoms with Gasteiger partial charge in [0.15, 0.2) is 0 Å². The zero-order valence-corrected chi connectivity index (χ0v) is 14.8. The van der Waals surface area contributed by atoms with Gasteiger partial charge in [-0.2, -0.15) is 0 Å². The number of aliphatic imine (C=N–C) groups is 1. The lowest BCUT2D eigenvalue weighted by atomic mass is 10.1. The molecule has 3 N–H and O–H groups in total. The number of aryl methyl sites for hydroxylation is 2. The average molecular weight is 347 g/mol. The number of rotatable bonds is 5. The second kappa shape index (κ2) is 8.22. The number of nitrogens with two attached hydrogens (primary N) is 1. The number of benzene rings is 1. The van der Waals surface area contributed by atoms with Crippen LogP contribution >= 0.6 is 0 Å². The highest BCUT2D eigenvalue weighted by Crippen LogP contribution is 2.21. The van der Waals surface area contributed by atoms with Crippen molar-refractivity contribution in [1.82, 2.24) is 15.4 Å². The third-order valence-corrected chi connectivity index (χ3v) is 3.61. The van der Waals surface area contributed by atoms with Gasteiger partial charge in [-0.05, 0) is 49.2 Å². The molecule has 2 heterocycles. The van der Waals surface area contributed by atoms with Crippen LogP contribution in [-0.4, -0.2) is 15.9 Å². The van der Waals surface area contributed by atoms with Crippen molar-refractivity contribution in [1.29, 1.82) is 0 Å². The first-order valence-corrected chi connectivity index (χ1v) is 8.28. The first-order chi connectivity index (χ1) is 12.6. The Kier molecular flexibility index (Phi) is 5.56. The highest BCUT2D eigenvalue weighted by Gasteiger charge is 2.04. The Hall–Kier alpha value is -3.25. The van der Waals surface area contributed by atoms with Crippen molar-refractivity contribution in [3.05, 3.63) is 77.6 Å². The monoisotopic (exact) mass is 347 g/mol. The summed E-state index contributed by atoms with van der Waals surface area (Å²) in [5, 5.41) is 0. The fourth-order valence-corrected chi connectivity index (χ4v) is 2.53.